The van der Waals surface area contributed by atoms with E-state index >= 15 is 0 Å². The van der Waals surface area contributed by atoms with E-state index in [0.717, 1.165) is 100 Å². The van der Waals surface area contributed by atoms with E-state index in [4.69, 9.17) is 4.42 Å². The Morgan fingerprint density at radius 1 is 0.328 bits per heavy atom. The summed E-state index contributed by atoms with van der Waals surface area (Å²) in [6.07, 6.45) is 18.6. The average molecular weight is 782 g/mol. The molecule has 0 aliphatic carbocycles. The zero-order chi connectivity index (χ0) is 40.8. The van der Waals surface area contributed by atoms with E-state index < -0.39 is 0 Å². The summed E-state index contributed by atoms with van der Waals surface area (Å²) in [5.41, 5.74) is 16.5. The van der Waals surface area contributed by atoms with Gasteiger partial charge >= 0.3 is 0 Å². The second-order valence-corrected chi connectivity index (χ2v) is 14.9. The van der Waals surface area contributed by atoms with Crippen molar-refractivity contribution in [2.24, 2.45) is 0 Å². The molecule has 0 saturated carbocycles. The smallest absolute Gasteiger partial charge is 0.143 e. The molecule has 0 atom stereocenters. The van der Waals surface area contributed by atoms with E-state index in [9.17, 15) is 0 Å². The molecule has 0 fully saturated rings. The zero-order valence-corrected chi connectivity index (χ0v) is 33.3. The van der Waals surface area contributed by atoms with Crippen LogP contribution in [0, 0.1) is 0 Å². The first kappa shape index (κ1) is 37.1. The number of para-hydroxylation sites is 2. The van der Waals surface area contributed by atoms with Crippen molar-refractivity contribution in [3.8, 4) is 44.9 Å². The molecule has 4 heteroatoms. The summed E-state index contributed by atoms with van der Waals surface area (Å²) in [6, 6.07) is 62.9. The summed E-state index contributed by atoms with van der Waals surface area (Å²) in [5, 5.41) is 2.20. The third-order valence-electron chi connectivity index (χ3n) is 10.8. The van der Waals surface area contributed by atoms with Crippen LogP contribution in [0.3, 0.4) is 0 Å². The van der Waals surface area contributed by atoms with Crippen LogP contribution in [0.1, 0.15) is 33.4 Å². The average Bonchev–Trinajstić information content (AvgIpc) is 3.72. The highest BCUT2D eigenvalue weighted by molar-refractivity contribution is 6.10. The van der Waals surface area contributed by atoms with Crippen molar-refractivity contribution in [1.82, 2.24) is 15.0 Å². The van der Waals surface area contributed by atoms with Gasteiger partial charge in [-0.05, 0) is 106 Å². The van der Waals surface area contributed by atoms with Crippen molar-refractivity contribution >= 4 is 58.4 Å². The molecule has 10 rings (SSSR count). The topological polar surface area (TPSA) is 51.8 Å². The molecule has 0 spiro atoms. The molecule has 0 N–H and O–H groups in total. The Bertz CT molecular complexity index is 3090. The zero-order valence-electron chi connectivity index (χ0n) is 33.3. The highest BCUT2D eigenvalue weighted by Gasteiger charge is 2.15. The van der Waals surface area contributed by atoms with Crippen LogP contribution < -0.4 is 0 Å². The second kappa shape index (κ2) is 16.9. The maximum Gasteiger partial charge on any atom is 0.143 e. The molecule has 0 aliphatic heterocycles. The molecule has 0 amide bonds. The van der Waals surface area contributed by atoms with Gasteiger partial charge in [0, 0.05) is 51.6 Å². The molecule has 0 radical (unpaired) electrons. The molecular weight excluding hydrogens is 743 g/mol. The monoisotopic (exact) mass is 781 g/mol. The molecule has 0 aliphatic rings. The molecule has 0 bridgehead atoms. The van der Waals surface area contributed by atoms with E-state index in [1.807, 2.05) is 85.3 Å². The van der Waals surface area contributed by atoms with Gasteiger partial charge in [-0.15, -0.1) is 0 Å². The summed E-state index contributed by atoms with van der Waals surface area (Å²) in [5.74, 6) is 0. The van der Waals surface area contributed by atoms with Crippen LogP contribution in [-0.2, 0) is 0 Å². The minimum atomic E-state index is 0.872. The van der Waals surface area contributed by atoms with Crippen molar-refractivity contribution in [2.45, 2.75) is 0 Å². The molecule has 4 nitrogen and oxygen atoms in total. The fourth-order valence-corrected chi connectivity index (χ4v) is 7.75. The van der Waals surface area contributed by atoms with Gasteiger partial charge in [-0.2, -0.15) is 0 Å². The first-order valence-electron chi connectivity index (χ1n) is 20.4. The lowest BCUT2D eigenvalue weighted by Crippen LogP contribution is -1.89. The number of benzene rings is 6. The quantitative estimate of drug-likeness (QED) is 0.130. The van der Waals surface area contributed by atoms with Crippen molar-refractivity contribution in [3.05, 3.63) is 234 Å². The Labute approximate surface area is 355 Å². The number of pyridine rings is 3. The third kappa shape index (κ3) is 8.24. The summed E-state index contributed by atoms with van der Waals surface area (Å²) in [6.45, 7) is 0. The Morgan fingerprint density at radius 2 is 0.803 bits per heavy atom. The Kier molecular flexibility index (Phi) is 10.3. The normalized spacial score (nSPS) is 11.7. The minimum Gasteiger partial charge on any atom is -0.455 e. The number of fused-ring (bicyclic) bond motifs is 3. The lowest BCUT2D eigenvalue weighted by atomic mass is 9.94. The predicted molar refractivity (Wildman–Crippen MR) is 255 cm³/mol. The second-order valence-electron chi connectivity index (χ2n) is 14.9. The van der Waals surface area contributed by atoms with E-state index in [2.05, 4.69) is 167 Å². The molecule has 61 heavy (non-hydrogen) atoms. The molecular formula is C57H39N3O. The molecule has 4 aromatic heterocycles. The highest BCUT2D eigenvalue weighted by Crippen LogP contribution is 2.39. The Hall–Kier alpha value is -8.21. The standard InChI is InChI=1S/C57H39N3O/c1-2-16-56-49(10-1)50-11-9-12-51(57(50)61-56)52-39-48(55-15-5-8-35-60-55)32-31-45(52)26-25-44-37-42(19-17-40-21-27-46(28-22-40)53-13-3-6-33-58-53)36-43(38-44)20-18-41-23-29-47(30-24-41)54-14-4-7-34-59-54/h1-39H. The maximum absolute atomic E-state index is 6.56. The molecule has 0 saturated heterocycles. The van der Waals surface area contributed by atoms with E-state index in [1.54, 1.807) is 0 Å². The van der Waals surface area contributed by atoms with Gasteiger partial charge in [0.1, 0.15) is 11.2 Å². The van der Waals surface area contributed by atoms with Crippen molar-refractivity contribution in [3.63, 3.8) is 0 Å². The molecule has 6 aromatic carbocycles. The lowest BCUT2D eigenvalue weighted by molar-refractivity contribution is 0.670. The van der Waals surface area contributed by atoms with Gasteiger partial charge in [-0.3, -0.25) is 15.0 Å². The number of hydrogen-bond donors (Lipinski definition) is 0. The SMILES string of the molecule is C(=Cc1cc(C=Cc2ccc(-c3ccccn3)cc2)cc(C=Cc2ccc(-c3ccccn3)cc2-c2cccc3c2oc2ccccc23)c1)c1ccc(-c2ccccn2)cc1. The van der Waals surface area contributed by atoms with Gasteiger partial charge in [0.15, 0.2) is 0 Å². The minimum absolute atomic E-state index is 0.872. The van der Waals surface area contributed by atoms with Crippen LogP contribution in [0.25, 0.3) is 103 Å². The van der Waals surface area contributed by atoms with Crippen molar-refractivity contribution < 1.29 is 4.42 Å². The van der Waals surface area contributed by atoms with E-state index in [-0.39, 0.29) is 0 Å². The van der Waals surface area contributed by atoms with Gasteiger partial charge < -0.3 is 4.42 Å². The number of rotatable bonds is 10. The van der Waals surface area contributed by atoms with Crippen molar-refractivity contribution in [2.75, 3.05) is 0 Å². The summed E-state index contributed by atoms with van der Waals surface area (Å²) in [7, 11) is 0. The largest absolute Gasteiger partial charge is 0.455 e. The molecule has 0 unspecified atom stereocenters. The summed E-state index contributed by atoms with van der Waals surface area (Å²) < 4.78 is 6.56. The molecule has 288 valence electrons. The van der Waals surface area contributed by atoms with Gasteiger partial charge in [0.05, 0.1) is 17.1 Å². The van der Waals surface area contributed by atoms with E-state index in [0.29, 0.717) is 0 Å². The van der Waals surface area contributed by atoms with Crippen LogP contribution in [0.4, 0.5) is 0 Å². The first-order valence-corrected chi connectivity index (χ1v) is 20.4. The van der Waals surface area contributed by atoms with Gasteiger partial charge in [-0.25, -0.2) is 0 Å². The predicted octanol–water partition coefficient (Wildman–Crippen LogP) is 15.0. The lowest BCUT2D eigenvalue weighted by Gasteiger charge is -2.11. The van der Waals surface area contributed by atoms with Gasteiger partial charge in [-0.1, -0.05) is 152 Å². The number of aromatic nitrogens is 3. The number of nitrogens with zero attached hydrogens (tertiary/aromatic N) is 3. The van der Waals surface area contributed by atoms with Crippen molar-refractivity contribution in [1.29, 1.82) is 0 Å². The number of hydrogen-bond acceptors (Lipinski definition) is 4. The van der Waals surface area contributed by atoms with E-state index in [1.165, 1.54) is 0 Å². The van der Waals surface area contributed by atoms with Crippen LogP contribution >= 0.6 is 0 Å². The Morgan fingerprint density at radius 3 is 1.36 bits per heavy atom. The number of furan rings is 1. The third-order valence-corrected chi connectivity index (χ3v) is 10.8. The molecule has 4 heterocycles. The van der Waals surface area contributed by atoms with Crippen LogP contribution in [0.15, 0.2) is 205 Å². The first-order chi connectivity index (χ1) is 30.2. The van der Waals surface area contributed by atoms with Gasteiger partial charge in [0.2, 0.25) is 0 Å². The fourth-order valence-electron chi connectivity index (χ4n) is 7.75. The molecule has 10 aromatic rings. The van der Waals surface area contributed by atoms with Crippen LogP contribution in [0.2, 0.25) is 0 Å². The summed E-state index contributed by atoms with van der Waals surface area (Å²) >= 11 is 0. The van der Waals surface area contributed by atoms with Gasteiger partial charge in [0.25, 0.3) is 0 Å². The van der Waals surface area contributed by atoms with Crippen LogP contribution in [0.5, 0.6) is 0 Å². The Balaban J connectivity index is 1.02. The maximum atomic E-state index is 6.56. The fraction of sp³-hybridized carbons (Fsp3) is 0. The summed E-state index contributed by atoms with van der Waals surface area (Å²) in [4.78, 5) is 13.7. The van der Waals surface area contributed by atoms with Crippen LogP contribution in [-0.4, -0.2) is 15.0 Å². The highest BCUT2D eigenvalue weighted by atomic mass is 16.3.